The number of nitrogens with one attached hydrogen (secondary N) is 1. The molecule has 3 heterocycles. The number of esters is 2. The van der Waals surface area contributed by atoms with E-state index >= 15 is 0 Å². The second-order valence-corrected chi connectivity index (χ2v) is 13.9. The topological polar surface area (TPSA) is 189 Å². The fraction of sp³-hybridized carbons (Fsp3) is 0.349. The van der Waals surface area contributed by atoms with Gasteiger partial charge < -0.3 is 38.4 Å². The average Bonchev–Trinajstić information content (AvgIpc) is 3.80. The Morgan fingerprint density at radius 3 is 2.08 bits per heavy atom. The van der Waals surface area contributed by atoms with E-state index in [1.807, 2.05) is 78.9 Å². The molecule has 1 fully saturated rings. The van der Waals surface area contributed by atoms with Crippen LogP contribution in [0.2, 0.25) is 0 Å². The van der Waals surface area contributed by atoms with Crippen molar-refractivity contribution in [2.45, 2.75) is 44.3 Å². The fourth-order valence-electron chi connectivity index (χ4n) is 6.59. The molecule has 3 atom stereocenters. The minimum atomic E-state index is -1.18. The molecule has 2 N–H and O–H groups in total. The van der Waals surface area contributed by atoms with E-state index in [4.69, 9.17) is 28.4 Å². The number of aliphatic imine (C=N–C) groups is 1. The van der Waals surface area contributed by atoms with Gasteiger partial charge in [-0.15, -0.1) is 0 Å². The molecule has 59 heavy (non-hydrogen) atoms. The average molecular weight is 807 g/mol. The maximum absolute atomic E-state index is 13.6. The number of aliphatic hydroxyl groups excluding tert-OH is 1. The number of H-pyrrole nitrogens is 1. The molecule has 1 saturated heterocycles. The van der Waals surface area contributed by atoms with Crippen molar-refractivity contribution in [1.82, 2.24) is 24.6 Å². The Morgan fingerprint density at radius 2 is 1.54 bits per heavy atom. The Kier molecular flexibility index (Phi) is 13.4. The highest BCUT2D eigenvalue weighted by Crippen LogP contribution is 2.43. The first-order valence-electron chi connectivity index (χ1n) is 18.7. The van der Waals surface area contributed by atoms with E-state index < -0.39 is 47.5 Å². The summed E-state index contributed by atoms with van der Waals surface area (Å²) in [5.41, 5.74) is 0.825. The molecule has 0 aliphatic carbocycles. The molecule has 1 aliphatic heterocycles. The molecular formula is C43H46N6O10. The van der Waals surface area contributed by atoms with Gasteiger partial charge in [0.05, 0.1) is 39.2 Å². The van der Waals surface area contributed by atoms with Gasteiger partial charge in [-0.1, -0.05) is 60.5 Å². The quantitative estimate of drug-likeness (QED) is 0.0506. The van der Waals surface area contributed by atoms with Crippen molar-refractivity contribution in [3.05, 3.63) is 112 Å². The highest BCUT2D eigenvalue weighted by Gasteiger charge is 2.42. The van der Waals surface area contributed by atoms with Crippen molar-refractivity contribution in [3.63, 3.8) is 0 Å². The Hall–Kier alpha value is -6.54. The number of hydrogen-bond acceptors (Lipinski definition) is 13. The van der Waals surface area contributed by atoms with Gasteiger partial charge in [-0.25, -0.2) is 9.67 Å². The van der Waals surface area contributed by atoms with Gasteiger partial charge >= 0.3 is 11.9 Å². The number of carbonyl (C=O) groups is 2. The zero-order valence-corrected chi connectivity index (χ0v) is 33.6. The smallest absolute Gasteiger partial charge is 0.302 e. The number of ether oxygens (including phenoxy) is 6. The Balaban J connectivity index is 1.38. The zero-order chi connectivity index (χ0) is 42.1. The van der Waals surface area contributed by atoms with E-state index in [9.17, 15) is 19.5 Å². The van der Waals surface area contributed by atoms with Crippen LogP contribution < -0.4 is 15.0 Å². The van der Waals surface area contributed by atoms with Crippen LogP contribution in [0.1, 0.15) is 48.9 Å². The molecule has 0 spiro atoms. The molecule has 0 saturated carbocycles. The Bertz CT molecular complexity index is 2320. The van der Waals surface area contributed by atoms with Crippen LogP contribution in [0.3, 0.4) is 0 Å². The number of methoxy groups -OCH3 is 2. The predicted octanol–water partition coefficient (Wildman–Crippen LogP) is 4.11. The van der Waals surface area contributed by atoms with Gasteiger partial charge in [0.2, 0.25) is 5.95 Å². The van der Waals surface area contributed by atoms with Crippen LogP contribution in [-0.4, -0.2) is 108 Å². The summed E-state index contributed by atoms with van der Waals surface area (Å²) in [6.45, 7) is 2.10. The highest BCUT2D eigenvalue weighted by molar-refractivity contribution is 5.81. The number of aromatic nitrogens is 4. The second-order valence-electron chi connectivity index (χ2n) is 13.9. The Morgan fingerprint density at radius 1 is 0.966 bits per heavy atom. The van der Waals surface area contributed by atoms with Gasteiger partial charge in [0.1, 0.15) is 41.8 Å². The van der Waals surface area contributed by atoms with Crippen LogP contribution >= 0.6 is 0 Å². The second kappa shape index (κ2) is 18.8. The number of fused-ring (bicyclic) bond motifs is 1. The monoisotopic (exact) mass is 806 g/mol. The molecule has 6 rings (SSSR count). The zero-order valence-electron chi connectivity index (χ0n) is 33.6. The number of carbonyl (C=O) groups excluding carboxylic acids is 2. The summed E-state index contributed by atoms with van der Waals surface area (Å²) in [4.78, 5) is 50.0. The predicted molar refractivity (Wildman–Crippen MR) is 216 cm³/mol. The van der Waals surface area contributed by atoms with Gasteiger partial charge in [0.15, 0.2) is 17.6 Å². The van der Waals surface area contributed by atoms with Crippen LogP contribution in [0, 0.1) is 17.8 Å². The molecule has 16 nitrogen and oxygen atoms in total. The minimum Gasteiger partial charge on any atom is -0.497 e. The molecule has 0 unspecified atom stereocenters. The molecule has 3 aromatic carbocycles. The lowest BCUT2D eigenvalue weighted by Gasteiger charge is -2.37. The number of nitrogens with zero attached hydrogens (tertiary/aromatic N) is 5. The van der Waals surface area contributed by atoms with E-state index in [1.165, 1.54) is 24.9 Å². The first-order valence-corrected chi connectivity index (χ1v) is 18.7. The van der Waals surface area contributed by atoms with Crippen molar-refractivity contribution in [2.75, 3.05) is 48.1 Å². The van der Waals surface area contributed by atoms with E-state index in [2.05, 4.69) is 31.9 Å². The molecule has 0 amide bonds. The van der Waals surface area contributed by atoms with Crippen molar-refractivity contribution in [3.8, 4) is 23.3 Å². The molecular weight excluding hydrogens is 761 g/mol. The lowest BCUT2D eigenvalue weighted by atomic mass is 9.80. The highest BCUT2D eigenvalue weighted by atomic mass is 16.6. The summed E-state index contributed by atoms with van der Waals surface area (Å²) >= 11 is 0. The molecule has 16 heteroatoms. The SMILES string of the molecule is COc1ccc(C(OC[C@H]2O[C@@H](n3nc(C#CC(COC(C)=O)COC(C)=O)c4c(=O)[nH]c(/N=C/N(C)C)nc43)C[C@H]2O)(c2ccccc2)c2ccc(OC)cc2)cc1. The summed E-state index contributed by atoms with van der Waals surface area (Å²) in [6.07, 6.45) is -1.26. The van der Waals surface area contributed by atoms with E-state index in [1.54, 1.807) is 33.2 Å². The molecule has 308 valence electrons. The number of aliphatic hydroxyl groups is 1. The van der Waals surface area contributed by atoms with Crippen LogP contribution in [-0.2, 0) is 34.1 Å². The van der Waals surface area contributed by atoms with Gasteiger partial charge in [-0.2, -0.15) is 10.1 Å². The van der Waals surface area contributed by atoms with Crippen LogP contribution in [0.15, 0.2) is 88.6 Å². The number of hydrogen-bond donors (Lipinski definition) is 2. The lowest BCUT2D eigenvalue weighted by Crippen LogP contribution is -2.38. The largest absolute Gasteiger partial charge is 0.497 e. The standard InChI is InChI=1S/C43H46N6O10/c1-27(50)56-23-29(24-57-28(2)51)12-21-35-39-40(45-42(46-41(39)53)44-26-48(3)4)49(47-35)38-22-36(52)37(59-38)25-58-43(30-10-8-7-9-11-30,31-13-17-33(54-5)18-14-31)32-15-19-34(55-6)20-16-32/h7-11,13-20,26,29,36-38,52H,22-25H2,1-6H3,(H,45,46,53)/b44-26+/t36-,37-,38-/m1/s1. The van der Waals surface area contributed by atoms with Crippen LogP contribution in [0.25, 0.3) is 11.0 Å². The van der Waals surface area contributed by atoms with E-state index in [0.717, 1.165) is 16.7 Å². The van der Waals surface area contributed by atoms with Gasteiger partial charge in [0, 0.05) is 34.4 Å². The fourth-order valence-corrected chi connectivity index (χ4v) is 6.59. The van der Waals surface area contributed by atoms with Crippen molar-refractivity contribution >= 4 is 35.3 Å². The Labute approximate surface area is 340 Å². The maximum atomic E-state index is 13.6. The molecule has 0 radical (unpaired) electrons. The van der Waals surface area contributed by atoms with Crippen molar-refractivity contribution < 1.29 is 43.1 Å². The third kappa shape index (κ3) is 9.78. The number of aromatic amines is 1. The van der Waals surface area contributed by atoms with Crippen LogP contribution in [0.5, 0.6) is 11.5 Å². The van der Waals surface area contributed by atoms with Crippen molar-refractivity contribution in [1.29, 1.82) is 0 Å². The number of rotatable bonds is 15. The summed E-state index contributed by atoms with van der Waals surface area (Å²) in [7, 11) is 6.74. The van der Waals surface area contributed by atoms with Gasteiger partial charge in [-0.05, 0) is 46.9 Å². The summed E-state index contributed by atoms with van der Waals surface area (Å²) in [5, 5.41) is 16.3. The third-order valence-corrected chi connectivity index (χ3v) is 9.45. The maximum Gasteiger partial charge on any atom is 0.302 e. The molecule has 0 bridgehead atoms. The molecule has 1 aliphatic rings. The lowest BCUT2D eigenvalue weighted by molar-refractivity contribution is -0.144. The molecule has 2 aromatic heterocycles. The normalized spacial score (nSPS) is 16.5. The summed E-state index contributed by atoms with van der Waals surface area (Å²) in [5.74, 6) is 5.36. The van der Waals surface area contributed by atoms with Crippen molar-refractivity contribution in [2.24, 2.45) is 10.9 Å². The van der Waals surface area contributed by atoms with Gasteiger partial charge in [0.25, 0.3) is 5.56 Å². The summed E-state index contributed by atoms with van der Waals surface area (Å²) in [6, 6.07) is 24.9. The third-order valence-electron chi connectivity index (χ3n) is 9.45. The van der Waals surface area contributed by atoms with Gasteiger partial charge in [-0.3, -0.25) is 19.4 Å². The van der Waals surface area contributed by atoms with E-state index in [0.29, 0.717) is 11.5 Å². The minimum absolute atomic E-state index is 0.00417. The molecule has 5 aromatic rings. The van der Waals surface area contributed by atoms with E-state index in [-0.39, 0.29) is 48.9 Å². The van der Waals surface area contributed by atoms with Crippen LogP contribution in [0.4, 0.5) is 5.95 Å². The first-order chi connectivity index (χ1) is 28.4. The number of benzene rings is 3. The summed E-state index contributed by atoms with van der Waals surface area (Å²) < 4.78 is 36.1. The first kappa shape index (κ1) is 42.1.